The van der Waals surface area contributed by atoms with Crippen molar-refractivity contribution in [1.82, 2.24) is 5.32 Å². The molecule has 3 N–H and O–H groups in total. The zero-order chi connectivity index (χ0) is 15.1. The number of terminal acetylenes is 1. The molecule has 0 aliphatic heterocycles. The van der Waals surface area contributed by atoms with Crippen molar-refractivity contribution in [2.45, 2.75) is 26.7 Å². The third-order valence-corrected chi connectivity index (χ3v) is 2.94. The number of aromatic carboxylic acids is 1. The maximum atomic E-state index is 11.6. The number of urea groups is 1. The number of anilines is 1. The average molecular weight is 274 g/mol. The molecule has 0 saturated carbocycles. The van der Waals surface area contributed by atoms with Gasteiger partial charge in [0, 0.05) is 18.7 Å². The van der Waals surface area contributed by atoms with Crippen LogP contribution >= 0.6 is 0 Å². The first-order valence-electron chi connectivity index (χ1n) is 6.28. The van der Waals surface area contributed by atoms with Crippen molar-refractivity contribution in [1.29, 1.82) is 0 Å². The summed E-state index contributed by atoms with van der Waals surface area (Å²) >= 11 is 0. The molecule has 2 amide bonds. The van der Waals surface area contributed by atoms with Gasteiger partial charge in [0.05, 0.1) is 5.56 Å². The fourth-order valence-electron chi connectivity index (χ4n) is 1.72. The summed E-state index contributed by atoms with van der Waals surface area (Å²) in [6.07, 6.45) is 6.42. The van der Waals surface area contributed by atoms with Crippen molar-refractivity contribution in [3.8, 4) is 12.3 Å². The highest BCUT2D eigenvalue weighted by Crippen LogP contribution is 2.20. The van der Waals surface area contributed by atoms with Gasteiger partial charge in [0.25, 0.3) is 0 Å². The number of carbonyl (C=O) groups excluding carboxylic acids is 1. The number of carboxylic acid groups (broad SMARTS) is 1. The summed E-state index contributed by atoms with van der Waals surface area (Å²) in [4.78, 5) is 22.7. The predicted molar refractivity (Wildman–Crippen MR) is 78.0 cm³/mol. The molecule has 1 rings (SSSR count). The van der Waals surface area contributed by atoms with Crippen LogP contribution in [0.5, 0.6) is 0 Å². The molecule has 0 unspecified atom stereocenters. The molecule has 1 aromatic rings. The zero-order valence-electron chi connectivity index (χ0n) is 11.6. The third-order valence-electron chi connectivity index (χ3n) is 2.94. The lowest BCUT2D eigenvalue weighted by Gasteiger charge is -2.11. The van der Waals surface area contributed by atoms with Gasteiger partial charge in [0.2, 0.25) is 0 Å². The number of rotatable bonds is 5. The number of benzene rings is 1. The van der Waals surface area contributed by atoms with Crippen molar-refractivity contribution in [2.24, 2.45) is 0 Å². The summed E-state index contributed by atoms with van der Waals surface area (Å²) in [5.41, 5.74) is 2.15. The molecular weight excluding hydrogens is 256 g/mol. The van der Waals surface area contributed by atoms with E-state index < -0.39 is 5.97 Å². The smallest absolute Gasteiger partial charge is 0.336 e. The highest BCUT2D eigenvalue weighted by molar-refractivity contribution is 5.94. The molecule has 0 aliphatic carbocycles. The van der Waals surface area contributed by atoms with E-state index in [0.717, 1.165) is 5.56 Å². The summed E-state index contributed by atoms with van der Waals surface area (Å²) in [5.74, 6) is 1.48. The van der Waals surface area contributed by atoms with E-state index in [1.54, 1.807) is 19.9 Å². The van der Waals surface area contributed by atoms with Crippen LogP contribution in [0.1, 0.15) is 34.3 Å². The Balaban J connectivity index is 2.71. The molecule has 5 nitrogen and oxygen atoms in total. The minimum atomic E-state index is -1.01. The van der Waals surface area contributed by atoms with E-state index in [2.05, 4.69) is 16.6 Å². The Hall–Kier alpha value is -2.48. The summed E-state index contributed by atoms with van der Waals surface area (Å²) in [5, 5.41) is 14.4. The van der Waals surface area contributed by atoms with Crippen molar-refractivity contribution < 1.29 is 14.7 Å². The summed E-state index contributed by atoms with van der Waals surface area (Å²) in [6.45, 7) is 4.02. The second-order valence-corrected chi connectivity index (χ2v) is 4.46. The van der Waals surface area contributed by atoms with Crippen LogP contribution in [-0.4, -0.2) is 23.7 Å². The van der Waals surface area contributed by atoms with Gasteiger partial charge < -0.3 is 15.7 Å². The molecule has 0 aliphatic rings. The first-order valence-corrected chi connectivity index (χ1v) is 6.28. The van der Waals surface area contributed by atoms with Crippen LogP contribution in [0.25, 0.3) is 0 Å². The first kappa shape index (κ1) is 15.6. The Labute approximate surface area is 118 Å². The highest BCUT2D eigenvalue weighted by atomic mass is 16.4. The Bertz CT molecular complexity index is 559. The van der Waals surface area contributed by atoms with Crippen LogP contribution in [0.3, 0.4) is 0 Å². The molecule has 0 heterocycles. The topological polar surface area (TPSA) is 78.4 Å². The van der Waals surface area contributed by atoms with Gasteiger partial charge in [-0.25, -0.2) is 9.59 Å². The molecule has 0 atom stereocenters. The molecule has 0 aromatic heterocycles. The molecule has 0 bridgehead atoms. The lowest BCUT2D eigenvalue weighted by Crippen LogP contribution is -2.29. The number of hydrogen-bond donors (Lipinski definition) is 3. The standard InChI is InChI=1S/C15H18N2O3/c1-4-5-6-7-16-15(20)17-12-8-10(2)11(3)13(9-12)14(18)19/h1,8-9H,5-7H2,2-3H3,(H,18,19)(H2,16,17,20). The summed E-state index contributed by atoms with van der Waals surface area (Å²) < 4.78 is 0. The number of unbranched alkanes of at least 4 members (excludes halogenated alkanes) is 1. The lowest BCUT2D eigenvalue weighted by atomic mass is 10.0. The monoisotopic (exact) mass is 274 g/mol. The van der Waals surface area contributed by atoms with Crippen molar-refractivity contribution in [2.75, 3.05) is 11.9 Å². The van der Waals surface area contributed by atoms with Crippen molar-refractivity contribution in [3.05, 3.63) is 28.8 Å². The number of carbonyl (C=O) groups is 2. The fraction of sp³-hybridized carbons (Fsp3) is 0.333. The zero-order valence-corrected chi connectivity index (χ0v) is 11.6. The summed E-state index contributed by atoms with van der Waals surface area (Å²) in [6, 6.07) is 2.82. The highest BCUT2D eigenvalue weighted by Gasteiger charge is 2.12. The Morgan fingerprint density at radius 3 is 2.65 bits per heavy atom. The van der Waals surface area contributed by atoms with Gasteiger partial charge in [-0.3, -0.25) is 0 Å². The molecule has 1 aromatic carbocycles. The number of hydrogen-bond acceptors (Lipinski definition) is 2. The van der Waals surface area contributed by atoms with E-state index in [1.165, 1.54) is 6.07 Å². The van der Waals surface area contributed by atoms with Crippen LogP contribution in [0.15, 0.2) is 12.1 Å². The van der Waals surface area contributed by atoms with Gasteiger partial charge in [-0.05, 0) is 43.5 Å². The second kappa shape index (κ2) is 7.19. The minimum absolute atomic E-state index is 0.188. The molecule has 5 heteroatoms. The third kappa shape index (κ3) is 4.32. The number of amides is 2. The number of carboxylic acids is 1. The van der Waals surface area contributed by atoms with Gasteiger partial charge in [-0.1, -0.05) is 0 Å². The van der Waals surface area contributed by atoms with E-state index in [4.69, 9.17) is 11.5 Å². The van der Waals surface area contributed by atoms with Crippen LogP contribution < -0.4 is 10.6 Å². The van der Waals surface area contributed by atoms with Crippen molar-refractivity contribution in [3.63, 3.8) is 0 Å². The largest absolute Gasteiger partial charge is 0.478 e. The number of nitrogens with one attached hydrogen (secondary N) is 2. The summed E-state index contributed by atoms with van der Waals surface area (Å²) in [7, 11) is 0. The van der Waals surface area contributed by atoms with Gasteiger partial charge in [0.15, 0.2) is 0 Å². The van der Waals surface area contributed by atoms with Crippen LogP contribution in [0.2, 0.25) is 0 Å². The molecular formula is C15H18N2O3. The maximum Gasteiger partial charge on any atom is 0.336 e. The number of aryl methyl sites for hydroxylation is 1. The molecule has 106 valence electrons. The fourth-order valence-corrected chi connectivity index (χ4v) is 1.72. The van der Waals surface area contributed by atoms with Gasteiger partial charge in [-0.2, -0.15) is 0 Å². The lowest BCUT2D eigenvalue weighted by molar-refractivity contribution is 0.0696. The molecule has 20 heavy (non-hydrogen) atoms. The molecule has 0 spiro atoms. The first-order chi connectivity index (χ1) is 9.45. The van der Waals surface area contributed by atoms with Gasteiger partial charge in [0.1, 0.15) is 0 Å². The Morgan fingerprint density at radius 1 is 1.35 bits per heavy atom. The minimum Gasteiger partial charge on any atom is -0.478 e. The van der Waals surface area contributed by atoms with Crippen LogP contribution in [0, 0.1) is 26.2 Å². The maximum absolute atomic E-state index is 11.6. The normalized spacial score (nSPS) is 9.65. The Morgan fingerprint density at radius 2 is 2.05 bits per heavy atom. The van der Waals surface area contributed by atoms with E-state index in [1.807, 2.05) is 0 Å². The second-order valence-electron chi connectivity index (χ2n) is 4.46. The SMILES string of the molecule is C#CCCCNC(=O)Nc1cc(C)c(C)c(C(=O)O)c1. The van der Waals surface area contributed by atoms with E-state index in [-0.39, 0.29) is 11.6 Å². The quantitative estimate of drug-likeness (QED) is 0.570. The Kier molecular flexibility index (Phi) is 5.60. The molecule has 0 saturated heterocycles. The van der Waals surface area contributed by atoms with Crippen LogP contribution in [0.4, 0.5) is 10.5 Å². The van der Waals surface area contributed by atoms with E-state index in [0.29, 0.717) is 30.6 Å². The molecule has 0 radical (unpaired) electrons. The van der Waals surface area contributed by atoms with Crippen molar-refractivity contribution >= 4 is 17.7 Å². The van der Waals surface area contributed by atoms with E-state index in [9.17, 15) is 9.59 Å². The van der Waals surface area contributed by atoms with E-state index >= 15 is 0 Å². The average Bonchev–Trinajstić information content (AvgIpc) is 2.38. The predicted octanol–water partition coefficient (Wildman–Crippen LogP) is 2.54. The van der Waals surface area contributed by atoms with Gasteiger partial charge in [-0.15, -0.1) is 12.3 Å². The van der Waals surface area contributed by atoms with Crippen LogP contribution in [-0.2, 0) is 0 Å². The van der Waals surface area contributed by atoms with Gasteiger partial charge >= 0.3 is 12.0 Å². The molecule has 0 fully saturated rings.